The fourth-order valence-corrected chi connectivity index (χ4v) is 3.46. The smallest absolute Gasteiger partial charge is 0.137 e. The molecule has 1 aromatic heterocycles. The Morgan fingerprint density at radius 2 is 1.93 bits per heavy atom. The number of aliphatic hydroxyl groups is 1. The normalized spacial score (nSPS) is 13.7. The number of hydrogen-bond acceptors (Lipinski definition) is 4. The molecule has 0 saturated carbocycles. The van der Waals surface area contributed by atoms with Gasteiger partial charge in [-0.05, 0) is 53.4 Å². The SMILES string of the molecule is CN(Cc1ccc(I)cc1)CC(O)(Cc1ncn[nH]1)c1ccc(F)cc1F. The largest absolute Gasteiger partial charge is 0.383 e. The molecular formula is C19H19F2IN4O. The third-order valence-electron chi connectivity index (χ3n) is 4.25. The van der Waals surface area contributed by atoms with Crippen LogP contribution in [0, 0.1) is 15.2 Å². The van der Waals surface area contributed by atoms with Gasteiger partial charge >= 0.3 is 0 Å². The molecule has 2 N–H and O–H groups in total. The minimum Gasteiger partial charge on any atom is -0.383 e. The van der Waals surface area contributed by atoms with Gasteiger partial charge in [-0.1, -0.05) is 18.2 Å². The van der Waals surface area contributed by atoms with Crippen molar-refractivity contribution in [2.75, 3.05) is 13.6 Å². The Kier molecular flexibility index (Phi) is 6.18. The Balaban J connectivity index is 1.85. The molecule has 8 heteroatoms. The van der Waals surface area contributed by atoms with Crippen molar-refractivity contribution in [2.24, 2.45) is 0 Å². The number of H-pyrrole nitrogens is 1. The molecule has 1 atom stereocenters. The van der Waals surface area contributed by atoms with Crippen LogP contribution < -0.4 is 0 Å². The van der Waals surface area contributed by atoms with E-state index in [1.165, 1.54) is 12.4 Å². The first kappa shape index (κ1) is 19.8. The second kappa shape index (κ2) is 8.41. The predicted molar refractivity (Wildman–Crippen MR) is 106 cm³/mol. The fourth-order valence-electron chi connectivity index (χ4n) is 3.10. The van der Waals surface area contributed by atoms with Crippen LogP contribution in [0.4, 0.5) is 8.78 Å². The lowest BCUT2D eigenvalue weighted by atomic mass is 9.88. The van der Waals surface area contributed by atoms with Gasteiger partial charge in [-0.2, -0.15) is 5.10 Å². The van der Waals surface area contributed by atoms with Crippen molar-refractivity contribution in [3.63, 3.8) is 0 Å². The van der Waals surface area contributed by atoms with E-state index < -0.39 is 17.2 Å². The van der Waals surface area contributed by atoms with Crippen LogP contribution >= 0.6 is 22.6 Å². The molecule has 1 heterocycles. The first-order chi connectivity index (χ1) is 12.9. The average Bonchev–Trinajstić information content (AvgIpc) is 3.09. The lowest BCUT2D eigenvalue weighted by Crippen LogP contribution is -2.41. The molecular weight excluding hydrogens is 465 g/mol. The summed E-state index contributed by atoms with van der Waals surface area (Å²) in [6, 6.07) is 11.2. The van der Waals surface area contributed by atoms with Crippen molar-refractivity contribution in [3.05, 3.63) is 80.9 Å². The van der Waals surface area contributed by atoms with Crippen LogP contribution in [0.3, 0.4) is 0 Å². The fraction of sp³-hybridized carbons (Fsp3) is 0.263. The van der Waals surface area contributed by atoms with E-state index in [4.69, 9.17) is 0 Å². The zero-order chi connectivity index (χ0) is 19.4. The van der Waals surface area contributed by atoms with Crippen LogP contribution in [-0.2, 0) is 18.6 Å². The van der Waals surface area contributed by atoms with Crippen LogP contribution in [0.5, 0.6) is 0 Å². The van der Waals surface area contributed by atoms with E-state index >= 15 is 0 Å². The number of halogens is 3. The number of aromatic nitrogens is 3. The Bertz CT molecular complexity index is 889. The Labute approximate surface area is 169 Å². The number of rotatable bonds is 7. The first-order valence-electron chi connectivity index (χ1n) is 8.31. The molecule has 0 amide bonds. The molecule has 0 spiro atoms. The number of likely N-dealkylation sites (N-methyl/N-ethyl adjacent to an activating group) is 1. The summed E-state index contributed by atoms with van der Waals surface area (Å²) >= 11 is 2.24. The Morgan fingerprint density at radius 1 is 1.19 bits per heavy atom. The van der Waals surface area contributed by atoms with Crippen LogP contribution in [0.1, 0.15) is 17.0 Å². The van der Waals surface area contributed by atoms with Gasteiger partial charge in [0.2, 0.25) is 0 Å². The van der Waals surface area contributed by atoms with Gasteiger partial charge in [0.1, 0.15) is 29.4 Å². The lowest BCUT2D eigenvalue weighted by molar-refractivity contribution is -0.000775. The summed E-state index contributed by atoms with van der Waals surface area (Å²) in [5, 5.41) is 17.8. The zero-order valence-electron chi connectivity index (χ0n) is 14.7. The van der Waals surface area contributed by atoms with E-state index in [-0.39, 0.29) is 18.5 Å². The van der Waals surface area contributed by atoms with Crippen LogP contribution in [0.15, 0.2) is 48.8 Å². The third kappa shape index (κ3) is 5.08. The van der Waals surface area contributed by atoms with Crippen molar-refractivity contribution in [1.29, 1.82) is 0 Å². The number of aromatic amines is 1. The van der Waals surface area contributed by atoms with Gasteiger partial charge in [0.25, 0.3) is 0 Å². The van der Waals surface area contributed by atoms with Gasteiger partial charge < -0.3 is 5.11 Å². The highest BCUT2D eigenvalue weighted by Gasteiger charge is 2.35. The molecule has 0 bridgehead atoms. The number of hydrogen-bond donors (Lipinski definition) is 2. The molecule has 142 valence electrons. The first-order valence-corrected chi connectivity index (χ1v) is 9.39. The number of benzene rings is 2. The van der Waals surface area contributed by atoms with Crippen LogP contribution in [0.2, 0.25) is 0 Å². The molecule has 1 unspecified atom stereocenters. The third-order valence-corrected chi connectivity index (χ3v) is 4.97. The van der Waals surface area contributed by atoms with Gasteiger partial charge in [-0.25, -0.2) is 13.8 Å². The summed E-state index contributed by atoms with van der Waals surface area (Å²) < 4.78 is 28.9. The highest BCUT2D eigenvalue weighted by molar-refractivity contribution is 14.1. The summed E-state index contributed by atoms with van der Waals surface area (Å²) in [5.41, 5.74) is -0.510. The minimum absolute atomic E-state index is 0.0204. The van der Waals surface area contributed by atoms with E-state index in [1.807, 2.05) is 36.2 Å². The van der Waals surface area contributed by atoms with Crippen molar-refractivity contribution in [1.82, 2.24) is 20.1 Å². The van der Waals surface area contributed by atoms with Gasteiger partial charge in [-0.15, -0.1) is 0 Å². The molecule has 3 rings (SSSR count). The summed E-state index contributed by atoms with van der Waals surface area (Å²) in [7, 11) is 1.84. The molecule has 0 radical (unpaired) electrons. The highest BCUT2D eigenvalue weighted by atomic mass is 127. The van der Waals surface area contributed by atoms with Crippen LogP contribution in [0.25, 0.3) is 0 Å². The summed E-state index contributed by atoms with van der Waals surface area (Å²) in [6.07, 6.45) is 1.35. The Morgan fingerprint density at radius 3 is 2.56 bits per heavy atom. The topological polar surface area (TPSA) is 65.0 Å². The maximum atomic E-state index is 14.4. The van der Waals surface area contributed by atoms with Crippen molar-refractivity contribution in [3.8, 4) is 0 Å². The molecule has 0 saturated heterocycles. The maximum Gasteiger partial charge on any atom is 0.137 e. The van der Waals surface area contributed by atoms with E-state index in [1.54, 1.807) is 0 Å². The summed E-state index contributed by atoms with van der Waals surface area (Å²) in [6.45, 7) is 0.695. The highest BCUT2D eigenvalue weighted by Crippen LogP contribution is 2.29. The summed E-state index contributed by atoms with van der Waals surface area (Å²) in [4.78, 5) is 5.92. The van der Waals surface area contributed by atoms with E-state index in [0.717, 1.165) is 21.3 Å². The zero-order valence-corrected chi connectivity index (χ0v) is 16.8. The second-order valence-corrected chi connectivity index (χ2v) is 7.81. The van der Waals surface area contributed by atoms with Crippen molar-refractivity contribution in [2.45, 2.75) is 18.6 Å². The molecule has 0 aliphatic rings. The van der Waals surface area contributed by atoms with E-state index in [0.29, 0.717) is 12.4 Å². The van der Waals surface area contributed by atoms with E-state index in [9.17, 15) is 13.9 Å². The molecule has 3 aromatic rings. The quantitative estimate of drug-likeness (QED) is 0.506. The average molecular weight is 484 g/mol. The van der Waals surface area contributed by atoms with E-state index in [2.05, 4.69) is 37.8 Å². The predicted octanol–water partition coefficient (Wildman–Crippen LogP) is 3.25. The minimum atomic E-state index is -1.60. The van der Waals surface area contributed by atoms with Gasteiger partial charge in [0.05, 0.1) is 0 Å². The van der Waals surface area contributed by atoms with Gasteiger partial charge in [-0.3, -0.25) is 10.00 Å². The van der Waals surface area contributed by atoms with Crippen LogP contribution in [-0.4, -0.2) is 38.8 Å². The Hall–Kier alpha value is -1.91. The molecule has 0 aliphatic carbocycles. The van der Waals surface area contributed by atoms with Crippen molar-refractivity contribution >= 4 is 22.6 Å². The lowest BCUT2D eigenvalue weighted by Gasteiger charge is -2.32. The van der Waals surface area contributed by atoms with Crippen molar-refractivity contribution < 1.29 is 13.9 Å². The summed E-state index contributed by atoms with van der Waals surface area (Å²) in [5.74, 6) is -1.06. The molecule has 2 aromatic carbocycles. The molecule has 0 aliphatic heterocycles. The number of nitrogens with zero attached hydrogens (tertiary/aromatic N) is 3. The maximum absolute atomic E-state index is 14.4. The molecule has 27 heavy (non-hydrogen) atoms. The number of nitrogens with one attached hydrogen (secondary N) is 1. The van der Waals surface area contributed by atoms with Gasteiger partial charge in [0.15, 0.2) is 0 Å². The standard InChI is InChI=1S/C19H19F2IN4O/c1-26(10-13-2-5-15(22)6-3-13)11-19(27,9-18-23-12-24-25-18)16-7-4-14(20)8-17(16)21/h2-8,12,27H,9-11H2,1H3,(H,23,24,25). The van der Waals surface area contributed by atoms with Gasteiger partial charge in [0, 0.05) is 34.7 Å². The second-order valence-electron chi connectivity index (χ2n) is 6.56. The monoisotopic (exact) mass is 484 g/mol. The molecule has 5 nitrogen and oxygen atoms in total. The molecule has 0 fully saturated rings.